The van der Waals surface area contributed by atoms with Gasteiger partial charge in [0.25, 0.3) is 0 Å². The highest BCUT2D eigenvalue weighted by Gasteiger charge is 2.14. The Labute approximate surface area is 125 Å². The van der Waals surface area contributed by atoms with Crippen molar-refractivity contribution in [2.75, 3.05) is 0 Å². The molecule has 1 atom stereocenters. The van der Waals surface area contributed by atoms with Crippen molar-refractivity contribution in [2.45, 2.75) is 6.04 Å². The van der Waals surface area contributed by atoms with E-state index >= 15 is 0 Å². The Hall–Kier alpha value is -2.24. The van der Waals surface area contributed by atoms with Crippen LogP contribution in [-0.2, 0) is 0 Å². The molecule has 0 spiro atoms. The van der Waals surface area contributed by atoms with Gasteiger partial charge in [-0.05, 0) is 42.0 Å². The van der Waals surface area contributed by atoms with Crippen molar-refractivity contribution in [1.29, 1.82) is 0 Å². The molecule has 2 aromatic carbocycles. The molecule has 21 heavy (non-hydrogen) atoms. The van der Waals surface area contributed by atoms with Gasteiger partial charge in [-0.15, -0.1) is 0 Å². The Morgan fingerprint density at radius 3 is 2.38 bits per heavy atom. The van der Waals surface area contributed by atoms with E-state index in [-0.39, 0.29) is 5.82 Å². The summed E-state index contributed by atoms with van der Waals surface area (Å²) in [5, 5.41) is 7.62. The van der Waals surface area contributed by atoms with Crippen LogP contribution in [0, 0.1) is 5.82 Å². The average molecular weight is 303 g/mol. The van der Waals surface area contributed by atoms with Crippen LogP contribution in [0.1, 0.15) is 17.4 Å². The van der Waals surface area contributed by atoms with Crippen molar-refractivity contribution in [3.63, 3.8) is 0 Å². The predicted octanol–water partition coefficient (Wildman–Crippen LogP) is 3.31. The highest BCUT2D eigenvalue weighted by atomic mass is 35.5. The lowest BCUT2D eigenvalue weighted by Crippen LogP contribution is -2.13. The Kier molecular flexibility index (Phi) is 3.68. The van der Waals surface area contributed by atoms with Gasteiger partial charge in [-0.25, -0.2) is 9.37 Å². The van der Waals surface area contributed by atoms with Gasteiger partial charge in [-0.3, -0.25) is 5.10 Å². The molecule has 0 radical (unpaired) electrons. The van der Waals surface area contributed by atoms with Crippen LogP contribution in [-0.4, -0.2) is 15.2 Å². The average Bonchev–Trinajstić information content (AvgIpc) is 2.98. The summed E-state index contributed by atoms with van der Waals surface area (Å²) in [5.74, 6) is 0.760. The second kappa shape index (κ2) is 5.63. The molecular weight excluding hydrogens is 291 g/mol. The van der Waals surface area contributed by atoms with Crippen molar-refractivity contribution in [2.24, 2.45) is 5.73 Å². The molecule has 0 aliphatic carbocycles. The summed E-state index contributed by atoms with van der Waals surface area (Å²) >= 11 is 5.85. The number of hydrogen-bond acceptors (Lipinski definition) is 3. The highest BCUT2D eigenvalue weighted by molar-refractivity contribution is 6.30. The van der Waals surface area contributed by atoms with Gasteiger partial charge in [0.2, 0.25) is 0 Å². The van der Waals surface area contributed by atoms with Crippen molar-refractivity contribution in [1.82, 2.24) is 15.2 Å². The number of rotatable bonds is 3. The van der Waals surface area contributed by atoms with Crippen LogP contribution in [0.4, 0.5) is 4.39 Å². The summed E-state index contributed by atoms with van der Waals surface area (Å²) in [6.07, 6.45) is 0. The summed E-state index contributed by atoms with van der Waals surface area (Å²) in [7, 11) is 0. The van der Waals surface area contributed by atoms with Gasteiger partial charge in [0.15, 0.2) is 5.82 Å². The standard InChI is InChI=1S/C15H12ClFN4/c16-11-5-1-10(2-6-11)14-19-15(21-20-14)13(18)9-3-7-12(17)8-4-9/h1-8,13H,18H2,(H,19,20,21)/t13-/m1/s1. The summed E-state index contributed by atoms with van der Waals surface area (Å²) < 4.78 is 12.9. The van der Waals surface area contributed by atoms with Crippen LogP contribution in [0.15, 0.2) is 48.5 Å². The molecule has 1 aromatic heterocycles. The lowest BCUT2D eigenvalue weighted by atomic mass is 10.1. The van der Waals surface area contributed by atoms with E-state index < -0.39 is 6.04 Å². The number of nitrogens with one attached hydrogen (secondary N) is 1. The number of benzene rings is 2. The van der Waals surface area contributed by atoms with Gasteiger partial charge in [-0.2, -0.15) is 5.10 Å². The van der Waals surface area contributed by atoms with Crippen LogP contribution in [0.5, 0.6) is 0 Å². The molecule has 0 bridgehead atoms. The van der Waals surface area contributed by atoms with Gasteiger partial charge in [0, 0.05) is 10.6 Å². The van der Waals surface area contributed by atoms with Gasteiger partial charge >= 0.3 is 0 Å². The van der Waals surface area contributed by atoms with Crippen LogP contribution in [0.25, 0.3) is 11.4 Å². The number of aromatic nitrogens is 3. The third kappa shape index (κ3) is 2.94. The number of halogens is 2. The third-order valence-electron chi connectivity index (χ3n) is 3.13. The molecular formula is C15H12ClFN4. The summed E-state index contributed by atoms with van der Waals surface area (Å²) in [6, 6.07) is 12.7. The minimum atomic E-state index is -0.487. The first-order valence-electron chi connectivity index (χ1n) is 6.33. The first-order valence-corrected chi connectivity index (χ1v) is 6.70. The summed E-state index contributed by atoms with van der Waals surface area (Å²) in [6.45, 7) is 0. The van der Waals surface area contributed by atoms with Crippen molar-refractivity contribution >= 4 is 11.6 Å². The van der Waals surface area contributed by atoms with E-state index in [2.05, 4.69) is 15.2 Å². The number of aromatic amines is 1. The zero-order chi connectivity index (χ0) is 14.8. The third-order valence-corrected chi connectivity index (χ3v) is 3.38. The SMILES string of the molecule is N[C@H](c1ccc(F)cc1)c1nc(-c2ccc(Cl)cc2)n[nH]1. The molecule has 6 heteroatoms. The molecule has 3 N–H and O–H groups in total. The zero-order valence-electron chi connectivity index (χ0n) is 10.9. The van der Waals surface area contributed by atoms with Crippen molar-refractivity contribution in [3.8, 4) is 11.4 Å². The minimum absolute atomic E-state index is 0.301. The van der Waals surface area contributed by atoms with E-state index in [1.54, 1.807) is 24.3 Å². The van der Waals surface area contributed by atoms with E-state index in [0.717, 1.165) is 11.1 Å². The van der Waals surface area contributed by atoms with Crippen LogP contribution in [0.3, 0.4) is 0 Å². The quantitative estimate of drug-likeness (QED) is 0.780. The van der Waals surface area contributed by atoms with Crippen molar-refractivity contribution < 1.29 is 4.39 Å². The highest BCUT2D eigenvalue weighted by Crippen LogP contribution is 2.21. The lowest BCUT2D eigenvalue weighted by molar-refractivity contribution is 0.626. The minimum Gasteiger partial charge on any atom is -0.318 e. The molecule has 0 fully saturated rings. The molecule has 0 unspecified atom stereocenters. The Bertz CT molecular complexity index is 737. The normalized spacial score (nSPS) is 12.3. The molecule has 4 nitrogen and oxygen atoms in total. The van der Waals surface area contributed by atoms with Crippen LogP contribution < -0.4 is 5.73 Å². The molecule has 106 valence electrons. The Morgan fingerprint density at radius 1 is 1.05 bits per heavy atom. The second-order valence-corrected chi connectivity index (χ2v) is 5.02. The molecule has 0 aliphatic heterocycles. The van der Waals surface area contributed by atoms with Gasteiger partial charge < -0.3 is 5.73 Å². The number of hydrogen-bond donors (Lipinski definition) is 2. The monoisotopic (exact) mass is 302 g/mol. The number of nitrogens with zero attached hydrogens (tertiary/aromatic N) is 2. The second-order valence-electron chi connectivity index (χ2n) is 4.58. The van der Waals surface area contributed by atoms with E-state index in [0.29, 0.717) is 16.7 Å². The van der Waals surface area contributed by atoms with E-state index in [1.165, 1.54) is 12.1 Å². The fourth-order valence-electron chi connectivity index (χ4n) is 1.97. The van der Waals surface area contributed by atoms with E-state index in [1.807, 2.05) is 12.1 Å². The fraction of sp³-hybridized carbons (Fsp3) is 0.0667. The lowest BCUT2D eigenvalue weighted by Gasteiger charge is -2.07. The molecule has 0 amide bonds. The first kappa shape index (κ1) is 13.7. The summed E-state index contributed by atoms with van der Waals surface area (Å²) in [4.78, 5) is 4.38. The smallest absolute Gasteiger partial charge is 0.181 e. The van der Waals surface area contributed by atoms with Gasteiger partial charge in [0.05, 0.1) is 6.04 Å². The Balaban J connectivity index is 1.87. The predicted molar refractivity (Wildman–Crippen MR) is 79.3 cm³/mol. The molecule has 3 aromatic rings. The van der Waals surface area contributed by atoms with Crippen molar-refractivity contribution in [3.05, 3.63) is 70.8 Å². The number of H-pyrrole nitrogens is 1. The molecule has 0 saturated heterocycles. The van der Waals surface area contributed by atoms with Crippen LogP contribution in [0.2, 0.25) is 5.02 Å². The maximum Gasteiger partial charge on any atom is 0.181 e. The zero-order valence-corrected chi connectivity index (χ0v) is 11.7. The number of nitrogens with two attached hydrogens (primary N) is 1. The molecule has 0 saturated carbocycles. The van der Waals surface area contributed by atoms with Crippen LogP contribution >= 0.6 is 11.6 Å². The maximum absolute atomic E-state index is 12.9. The molecule has 0 aliphatic rings. The first-order chi connectivity index (χ1) is 10.1. The van der Waals surface area contributed by atoms with E-state index in [9.17, 15) is 4.39 Å². The van der Waals surface area contributed by atoms with E-state index in [4.69, 9.17) is 17.3 Å². The van der Waals surface area contributed by atoms with Gasteiger partial charge in [-0.1, -0.05) is 23.7 Å². The molecule has 3 rings (SSSR count). The Morgan fingerprint density at radius 2 is 1.71 bits per heavy atom. The van der Waals surface area contributed by atoms with Gasteiger partial charge in [0.1, 0.15) is 11.6 Å². The molecule has 1 heterocycles. The summed E-state index contributed by atoms with van der Waals surface area (Å²) in [5.41, 5.74) is 7.70. The topological polar surface area (TPSA) is 67.6 Å². The fourth-order valence-corrected chi connectivity index (χ4v) is 2.10. The maximum atomic E-state index is 12.9. The largest absolute Gasteiger partial charge is 0.318 e.